The summed E-state index contributed by atoms with van der Waals surface area (Å²) >= 11 is 0. The third-order valence-corrected chi connectivity index (χ3v) is 3.30. The van der Waals surface area contributed by atoms with E-state index < -0.39 is 11.5 Å². The van der Waals surface area contributed by atoms with E-state index in [1.54, 1.807) is 6.08 Å². The van der Waals surface area contributed by atoms with Gasteiger partial charge in [0.2, 0.25) is 5.91 Å². The Hall–Kier alpha value is -2.30. The average molecular weight is 302 g/mol. The quantitative estimate of drug-likeness (QED) is 0.839. The molecule has 0 radical (unpaired) electrons. The molecule has 1 saturated carbocycles. The molecule has 1 fully saturated rings. The van der Waals surface area contributed by atoms with Gasteiger partial charge in [-0.1, -0.05) is 24.3 Å². The van der Waals surface area contributed by atoms with Crippen LogP contribution >= 0.6 is 0 Å². The number of hydrogen-bond acceptors (Lipinski definition) is 3. The summed E-state index contributed by atoms with van der Waals surface area (Å²) in [4.78, 5) is 22.4. The van der Waals surface area contributed by atoms with E-state index in [0.29, 0.717) is 5.92 Å². The smallest absolute Gasteiger partial charge is 0.407 e. The van der Waals surface area contributed by atoms with Gasteiger partial charge in [0.1, 0.15) is 5.60 Å². The summed E-state index contributed by atoms with van der Waals surface area (Å²) in [5, 5.41) is 2.88. The van der Waals surface area contributed by atoms with Crippen LogP contribution in [0.5, 0.6) is 0 Å². The monoisotopic (exact) mass is 302 g/mol. The third kappa shape index (κ3) is 4.91. The number of amides is 2. The second kappa shape index (κ2) is 6.22. The van der Waals surface area contributed by atoms with Crippen LogP contribution in [-0.4, -0.2) is 23.6 Å². The van der Waals surface area contributed by atoms with E-state index in [-0.39, 0.29) is 12.1 Å². The molecule has 2 atom stereocenters. The van der Waals surface area contributed by atoms with Gasteiger partial charge in [0, 0.05) is 18.0 Å². The van der Waals surface area contributed by atoms with E-state index in [4.69, 9.17) is 10.5 Å². The van der Waals surface area contributed by atoms with Gasteiger partial charge in [-0.3, -0.25) is 4.79 Å². The number of carbonyl (C=O) groups excluding carboxylic acids is 2. The van der Waals surface area contributed by atoms with Crippen molar-refractivity contribution in [3.63, 3.8) is 0 Å². The first-order valence-corrected chi connectivity index (χ1v) is 7.31. The standard InChI is InChI=1S/C17H22N2O3/c1-17(2,3)22-16(21)19-14-10-13(14)12-7-4-11(5-8-12)6-9-15(18)20/h4-9,13-14H,10H2,1-3H3,(H2,18,20)(H,19,21)/b9-6+/t13-,14+/m1/s1. The fourth-order valence-electron chi connectivity index (χ4n) is 2.21. The largest absolute Gasteiger partial charge is 0.444 e. The molecular formula is C17H22N2O3. The maximum Gasteiger partial charge on any atom is 0.407 e. The molecule has 0 unspecified atom stereocenters. The van der Waals surface area contributed by atoms with E-state index in [1.165, 1.54) is 6.08 Å². The summed E-state index contributed by atoms with van der Waals surface area (Å²) in [6.07, 6.45) is 3.55. The number of rotatable bonds is 4. The van der Waals surface area contributed by atoms with Gasteiger partial charge < -0.3 is 15.8 Å². The zero-order valence-corrected chi connectivity index (χ0v) is 13.1. The van der Waals surface area contributed by atoms with Crippen LogP contribution in [0.1, 0.15) is 44.2 Å². The molecule has 118 valence electrons. The van der Waals surface area contributed by atoms with E-state index in [2.05, 4.69) is 5.32 Å². The lowest BCUT2D eigenvalue weighted by Gasteiger charge is -2.19. The molecule has 0 aliphatic heterocycles. The van der Waals surface area contributed by atoms with Crippen molar-refractivity contribution in [3.8, 4) is 0 Å². The lowest BCUT2D eigenvalue weighted by atomic mass is 10.1. The van der Waals surface area contributed by atoms with Crippen molar-refractivity contribution in [1.29, 1.82) is 0 Å². The lowest BCUT2D eigenvalue weighted by molar-refractivity contribution is -0.113. The van der Waals surface area contributed by atoms with Gasteiger partial charge in [-0.15, -0.1) is 0 Å². The number of benzene rings is 1. The second-order valence-electron chi connectivity index (χ2n) is 6.50. The van der Waals surface area contributed by atoms with E-state index in [9.17, 15) is 9.59 Å². The van der Waals surface area contributed by atoms with Crippen molar-refractivity contribution in [2.75, 3.05) is 0 Å². The Balaban J connectivity index is 1.87. The predicted octanol–water partition coefficient (Wildman–Crippen LogP) is 2.57. The number of hydrogen-bond donors (Lipinski definition) is 2. The fraction of sp³-hybridized carbons (Fsp3) is 0.412. The van der Waals surface area contributed by atoms with Gasteiger partial charge in [0.05, 0.1) is 0 Å². The van der Waals surface area contributed by atoms with Crippen molar-refractivity contribution in [2.24, 2.45) is 5.73 Å². The van der Waals surface area contributed by atoms with Crippen molar-refractivity contribution in [2.45, 2.75) is 44.8 Å². The molecule has 0 aromatic heterocycles. The second-order valence-corrected chi connectivity index (χ2v) is 6.50. The Morgan fingerprint density at radius 2 is 1.91 bits per heavy atom. The molecule has 2 rings (SSSR count). The van der Waals surface area contributed by atoms with Crippen molar-refractivity contribution in [1.82, 2.24) is 5.32 Å². The van der Waals surface area contributed by atoms with Gasteiger partial charge in [0.25, 0.3) is 0 Å². The Kier molecular flexibility index (Phi) is 4.54. The molecule has 5 heteroatoms. The van der Waals surface area contributed by atoms with Gasteiger partial charge in [0.15, 0.2) is 0 Å². The minimum atomic E-state index is -0.483. The summed E-state index contributed by atoms with van der Waals surface area (Å²) in [5.41, 5.74) is 6.66. The fourth-order valence-corrected chi connectivity index (χ4v) is 2.21. The van der Waals surface area contributed by atoms with Crippen LogP contribution in [0.3, 0.4) is 0 Å². The summed E-state index contributed by atoms with van der Waals surface area (Å²) < 4.78 is 5.24. The molecular weight excluding hydrogens is 280 g/mol. The van der Waals surface area contributed by atoms with E-state index in [0.717, 1.165) is 17.5 Å². The first kappa shape index (κ1) is 16.1. The molecule has 1 aromatic carbocycles. The molecule has 0 spiro atoms. The number of alkyl carbamates (subject to hydrolysis) is 1. The molecule has 22 heavy (non-hydrogen) atoms. The highest BCUT2D eigenvalue weighted by Gasteiger charge is 2.40. The first-order chi connectivity index (χ1) is 10.2. The highest BCUT2D eigenvalue weighted by Crippen LogP contribution is 2.40. The molecule has 3 N–H and O–H groups in total. The SMILES string of the molecule is CC(C)(C)OC(=O)N[C@H]1C[C@@H]1c1ccc(/C=C/C(N)=O)cc1. The zero-order valence-electron chi connectivity index (χ0n) is 13.1. The van der Waals surface area contributed by atoms with Crippen LogP contribution in [0.25, 0.3) is 6.08 Å². The number of carbonyl (C=O) groups is 2. The predicted molar refractivity (Wildman–Crippen MR) is 85.2 cm³/mol. The van der Waals surface area contributed by atoms with Crippen LogP contribution in [0.2, 0.25) is 0 Å². The molecule has 1 aliphatic rings. The minimum Gasteiger partial charge on any atom is -0.444 e. The number of primary amides is 1. The topological polar surface area (TPSA) is 81.4 Å². The number of ether oxygens (including phenoxy) is 1. The molecule has 5 nitrogen and oxygen atoms in total. The van der Waals surface area contributed by atoms with Gasteiger partial charge in [-0.05, 0) is 44.4 Å². The van der Waals surface area contributed by atoms with Crippen LogP contribution in [0, 0.1) is 0 Å². The third-order valence-electron chi connectivity index (χ3n) is 3.30. The summed E-state index contributed by atoms with van der Waals surface area (Å²) in [7, 11) is 0. The number of nitrogens with two attached hydrogens (primary N) is 1. The maximum atomic E-state index is 11.7. The highest BCUT2D eigenvalue weighted by molar-refractivity contribution is 5.90. The zero-order chi connectivity index (χ0) is 16.3. The summed E-state index contributed by atoms with van der Waals surface area (Å²) in [6.45, 7) is 5.53. The summed E-state index contributed by atoms with van der Waals surface area (Å²) in [6, 6.07) is 7.99. The molecule has 0 saturated heterocycles. The van der Waals surface area contributed by atoms with E-state index >= 15 is 0 Å². The van der Waals surface area contributed by atoms with Gasteiger partial charge in [-0.2, -0.15) is 0 Å². The molecule has 2 amide bonds. The van der Waals surface area contributed by atoms with Crippen molar-refractivity contribution in [3.05, 3.63) is 41.5 Å². The molecule has 1 aliphatic carbocycles. The van der Waals surface area contributed by atoms with E-state index in [1.807, 2.05) is 45.0 Å². The normalized spacial score (nSPS) is 20.7. The Morgan fingerprint density at radius 3 is 2.45 bits per heavy atom. The summed E-state index contributed by atoms with van der Waals surface area (Å²) in [5.74, 6) is -0.144. The molecule has 0 bridgehead atoms. The number of nitrogens with one attached hydrogen (secondary N) is 1. The van der Waals surface area contributed by atoms with Crippen LogP contribution in [0.15, 0.2) is 30.3 Å². The Labute approximate surface area is 130 Å². The van der Waals surface area contributed by atoms with Crippen LogP contribution < -0.4 is 11.1 Å². The van der Waals surface area contributed by atoms with Crippen LogP contribution in [-0.2, 0) is 9.53 Å². The molecule has 1 aromatic rings. The molecule has 0 heterocycles. The van der Waals surface area contributed by atoms with Crippen molar-refractivity contribution >= 4 is 18.1 Å². The average Bonchev–Trinajstić information content (AvgIpc) is 3.13. The lowest BCUT2D eigenvalue weighted by Crippen LogP contribution is -2.34. The van der Waals surface area contributed by atoms with Gasteiger partial charge in [-0.25, -0.2) is 4.79 Å². The van der Waals surface area contributed by atoms with Crippen LogP contribution in [0.4, 0.5) is 4.79 Å². The Morgan fingerprint density at radius 1 is 1.27 bits per heavy atom. The maximum absolute atomic E-state index is 11.7. The van der Waals surface area contributed by atoms with Gasteiger partial charge >= 0.3 is 6.09 Å². The Bertz CT molecular complexity index is 585. The minimum absolute atomic E-state index is 0.127. The first-order valence-electron chi connectivity index (χ1n) is 7.31. The van der Waals surface area contributed by atoms with Crippen molar-refractivity contribution < 1.29 is 14.3 Å². The highest BCUT2D eigenvalue weighted by atomic mass is 16.6.